The first-order chi connectivity index (χ1) is 8.97. The van der Waals surface area contributed by atoms with Crippen molar-refractivity contribution in [3.05, 3.63) is 57.6 Å². The molecule has 0 N–H and O–H groups in total. The first-order valence-corrected chi connectivity index (χ1v) is 6.47. The van der Waals surface area contributed by atoms with Crippen LogP contribution in [0.4, 0.5) is 0 Å². The van der Waals surface area contributed by atoms with Crippen molar-refractivity contribution in [3.8, 4) is 11.5 Å². The molecule has 19 heavy (non-hydrogen) atoms. The van der Waals surface area contributed by atoms with Crippen LogP contribution in [-0.4, -0.2) is 5.78 Å². The van der Waals surface area contributed by atoms with Gasteiger partial charge >= 0.3 is 0 Å². The van der Waals surface area contributed by atoms with Gasteiger partial charge in [0, 0.05) is 16.7 Å². The van der Waals surface area contributed by atoms with Crippen LogP contribution in [0.25, 0.3) is 0 Å². The quantitative estimate of drug-likeness (QED) is 0.718. The molecule has 0 saturated carbocycles. The molecule has 2 rings (SSSR count). The number of ether oxygens (including phenoxy) is 1. The molecule has 0 saturated heterocycles. The molecule has 0 spiro atoms. The Balaban J connectivity index is 2.31. The molecule has 0 unspecified atom stereocenters. The number of aryl methyl sites for hydroxylation is 1. The third-order valence-electron chi connectivity index (χ3n) is 2.70. The Morgan fingerprint density at radius 2 is 1.84 bits per heavy atom. The fraction of sp³-hybridized carbons (Fsp3) is 0.133. The number of carbonyl (C=O) groups excluding carboxylic acids is 1. The van der Waals surface area contributed by atoms with Crippen LogP contribution in [0, 0.1) is 6.92 Å². The highest BCUT2D eigenvalue weighted by Crippen LogP contribution is 2.30. The van der Waals surface area contributed by atoms with Crippen molar-refractivity contribution in [1.82, 2.24) is 0 Å². The van der Waals surface area contributed by atoms with Gasteiger partial charge in [-0.05, 0) is 43.7 Å². The van der Waals surface area contributed by atoms with Gasteiger partial charge in [0.15, 0.2) is 5.78 Å². The van der Waals surface area contributed by atoms with Crippen molar-refractivity contribution in [2.75, 3.05) is 0 Å². The third kappa shape index (κ3) is 3.28. The molecular weight excluding hydrogens is 283 g/mol. The van der Waals surface area contributed by atoms with Crippen LogP contribution in [0.2, 0.25) is 10.0 Å². The Bertz CT molecular complexity index is 636. The average molecular weight is 295 g/mol. The van der Waals surface area contributed by atoms with Crippen molar-refractivity contribution < 1.29 is 9.53 Å². The summed E-state index contributed by atoms with van der Waals surface area (Å²) in [4.78, 5) is 11.3. The highest BCUT2D eigenvalue weighted by molar-refractivity contribution is 6.34. The van der Waals surface area contributed by atoms with E-state index in [1.165, 1.54) is 6.92 Å². The van der Waals surface area contributed by atoms with Crippen molar-refractivity contribution in [3.63, 3.8) is 0 Å². The molecule has 0 bridgehead atoms. The largest absolute Gasteiger partial charge is 0.457 e. The standard InChI is InChI=1S/C15H12Cl2O2/c1-9-3-4-11(16)7-15(9)19-12-5-6-13(10(2)18)14(17)8-12/h3-8H,1-2H3. The van der Waals surface area contributed by atoms with Crippen LogP contribution in [0.3, 0.4) is 0 Å². The summed E-state index contributed by atoms with van der Waals surface area (Å²) in [6.45, 7) is 3.40. The maximum atomic E-state index is 11.3. The maximum Gasteiger partial charge on any atom is 0.161 e. The molecule has 0 aromatic heterocycles. The van der Waals surface area contributed by atoms with Crippen LogP contribution < -0.4 is 4.74 Å². The van der Waals surface area contributed by atoms with Gasteiger partial charge in [0.05, 0.1) is 5.02 Å². The Morgan fingerprint density at radius 3 is 2.47 bits per heavy atom. The lowest BCUT2D eigenvalue weighted by Gasteiger charge is -2.10. The normalized spacial score (nSPS) is 10.3. The van der Waals surface area contributed by atoms with Crippen molar-refractivity contribution in [1.29, 1.82) is 0 Å². The summed E-state index contributed by atoms with van der Waals surface area (Å²) in [6.07, 6.45) is 0. The molecule has 0 amide bonds. The van der Waals surface area contributed by atoms with Gasteiger partial charge in [-0.1, -0.05) is 29.3 Å². The molecular formula is C15H12Cl2O2. The molecule has 0 aliphatic carbocycles. The van der Waals surface area contributed by atoms with Crippen molar-refractivity contribution in [2.24, 2.45) is 0 Å². The van der Waals surface area contributed by atoms with Gasteiger partial charge in [-0.2, -0.15) is 0 Å². The van der Waals surface area contributed by atoms with E-state index in [0.29, 0.717) is 27.1 Å². The van der Waals surface area contributed by atoms with E-state index in [4.69, 9.17) is 27.9 Å². The number of halogens is 2. The zero-order chi connectivity index (χ0) is 14.0. The second kappa shape index (κ2) is 5.64. The van der Waals surface area contributed by atoms with E-state index in [0.717, 1.165) is 5.56 Å². The third-order valence-corrected chi connectivity index (χ3v) is 3.25. The molecule has 2 nitrogen and oxygen atoms in total. The van der Waals surface area contributed by atoms with E-state index in [1.807, 2.05) is 13.0 Å². The Morgan fingerprint density at radius 1 is 1.11 bits per heavy atom. The highest BCUT2D eigenvalue weighted by atomic mass is 35.5. The number of ketones is 1. The Labute approximate surface area is 121 Å². The van der Waals surface area contributed by atoms with Crippen molar-refractivity contribution in [2.45, 2.75) is 13.8 Å². The van der Waals surface area contributed by atoms with Gasteiger partial charge in [0.2, 0.25) is 0 Å². The van der Waals surface area contributed by atoms with Gasteiger partial charge < -0.3 is 4.74 Å². The number of hydrogen-bond donors (Lipinski definition) is 0. The van der Waals surface area contributed by atoms with Crippen LogP contribution in [-0.2, 0) is 0 Å². The first kappa shape index (κ1) is 13.9. The second-order valence-corrected chi connectivity index (χ2v) is 5.05. The SMILES string of the molecule is CC(=O)c1ccc(Oc2cc(Cl)ccc2C)cc1Cl. The molecule has 0 aliphatic rings. The number of benzene rings is 2. The molecule has 4 heteroatoms. The first-order valence-electron chi connectivity index (χ1n) is 5.72. The number of hydrogen-bond acceptors (Lipinski definition) is 2. The summed E-state index contributed by atoms with van der Waals surface area (Å²) in [6, 6.07) is 10.4. The van der Waals surface area contributed by atoms with Crippen molar-refractivity contribution >= 4 is 29.0 Å². The van der Waals surface area contributed by atoms with E-state index in [9.17, 15) is 4.79 Å². The predicted octanol–water partition coefficient (Wildman–Crippen LogP) is 5.30. The molecule has 0 atom stereocenters. The molecule has 0 aliphatic heterocycles. The van der Waals surface area contributed by atoms with Crippen LogP contribution in [0.5, 0.6) is 11.5 Å². The zero-order valence-corrected chi connectivity index (χ0v) is 12.0. The van der Waals surface area contributed by atoms with Crippen LogP contribution in [0.15, 0.2) is 36.4 Å². The van der Waals surface area contributed by atoms with Gasteiger partial charge in [-0.25, -0.2) is 0 Å². The predicted molar refractivity (Wildman–Crippen MR) is 77.7 cm³/mol. The Hall–Kier alpha value is -1.51. The smallest absolute Gasteiger partial charge is 0.161 e. The minimum atomic E-state index is -0.0736. The zero-order valence-electron chi connectivity index (χ0n) is 10.5. The van der Waals surface area contributed by atoms with Crippen LogP contribution >= 0.6 is 23.2 Å². The van der Waals surface area contributed by atoms with Gasteiger partial charge in [-0.15, -0.1) is 0 Å². The van der Waals surface area contributed by atoms with E-state index in [1.54, 1.807) is 30.3 Å². The van der Waals surface area contributed by atoms with E-state index < -0.39 is 0 Å². The summed E-state index contributed by atoms with van der Waals surface area (Å²) in [5.74, 6) is 1.16. The van der Waals surface area contributed by atoms with E-state index >= 15 is 0 Å². The summed E-state index contributed by atoms with van der Waals surface area (Å²) in [5, 5.41) is 0.983. The number of Topliss-reactive ketones (excluding diaryl/α,β-unsaturated/α-hetero) is 1. The highest BCUT2D eigenvalue weighted by Gasteiger charge is 2.08. The lowest BCUT2D eigenvalue weighted by Crippen LogP contribution is -1.94. The van der Waals surface area contributed by atoms with E-state index in [-0.39, 0.29) is 5.78 Å². The molecule has 0 fully saturated rings. The average Bonchev–Trinajstić information content (AvgIpc) is 2.33. The summed E-state index contributed by atoms with van der Waals surface area (Å²) >= 11 is 12.0. The minimum absolute atomic E-state index is 0.0736. The number of rotatable bonds is 3. The lowest BCUT2D eigenvalue weighted by molar-refractivity contribution is 0.101. The van der Waals surface area contributed by atoms with Gasteiger partial charge in [0.1, 0.15) is 11.5 Å². The monoisotopic (exact) mass is 294 g/mol. The fourth-order valence-corrected chi connectivity index (χ4v) is 2.12. The summed E-state index contributed by atoms with van der Waals surface area (Å²) in [5.41, 5.74) is 1.45. The minimum Gasteiger partial charge on any atom is -0.457 e. The van der Waals surface area contributed by atoms with E-state index in [2.05, 4.69) is 0 Å². The second-order valence-electron chi connectivity index (χ2n) is 4.21. The topological polar surface area (TPSA) is 26.3 Å². The lowest BCUT2D eigenvalue weighted by atomic mass is 10.1. The molecule has 98 valence electrons. The number of carbonyl (C=O) groups is 1. The molecule has 0 heterocycles. The molecule has 2 aromatic carbocycles. The fourth-order valence-electron chi connectivity index (χ4n) is 1.66. The summed E-state index contributed by atoms with van der Waals surface area (Å²) < 4.78 is 5.73. The molecule has 2 aromatic rings. The van der Waals surface area contributed by atoms with Gasteiger partial charge in [-0.3, -0.25) is 4.79 Å². The Kier molecular flexibility index (Phi) is 4.13. The van der Waals surface area contributed by atoms with Gasteiger partial charge in [0.25, 0.3) is 0 Å². The summed E-state index contributed by atoms with van der Waals surface area (Å²) in [7, 11) is 0. The maximum absolute atomic E-state index is 11.3. The van der Waals surface area contributed by atoms with Crippen LogP contribution in [0.1, 0.15) is 22.8 Å². The molecule has 0 radical (unpaired) electrons.